The lowest BCUT2D eigenvalue weighted by atomic mass is 10.1. The van der Waals surface area contributed by atoms with Crippen LogP contribution in [0.25, 0.3) is 0 Å². The standard InChI is InChI=1S/C13H18N4O4/c18-10(11-2-1-4-21-11)6-9-8-20-5-3-17(9)7-12-14-13(19)16-15-12/h1-2,4,9-10,18H,3,5-8H2,(H2,14,15,16,19). The van der Waals surface area contributed by atoms with E-state index in [4.69, 9.17) is 9.15 Å². The highest BCUT2D eigenvalue weighted by atomic mass is 16.5. The Balaban J connectivity index is 1.65. The molecule has 0 aliphatic carbocycles. The van der Waals surface area contributed by atoms with Gasteiger partial charge in [0.2, 0.25) is 0 Å². The van der Waals surface area contributed by atoms with E-state index < -0.39 is 6.10 Å². The number of furan rings is 1. The van der Waals surface area contributed by atoms with E-state index in [-0.39, 0.29) is 11.7 Å². The van der Waals surface area contributed by atoms with Gasteiger partial charge in [0.15, 0.2) is 0 Å². The Labute approximate surface area is 120 Å². The third kappa shape index (κ3) is 3.41. The molecule has 8 nitrogen and oxygen atoms in total. The number of hydrogen-bond acceptors (Lipinski definition) is 6. The largest absolute Gasteiger partial charge is 0.467 e. The number of morpholine rings is 1. The van der Waals surface area contributed by atoms with Crippen molar-refractivity contribution in [2.75, 3.05) is 19.8 Å². The van der Waals surface area contributed by atoms with Gasteiger partial charge in [-0.2, -0.15) is 5.10 Å². The van der Waals surface area contributed by atoms with E-state index in [0.29, 0.717) is 37.8 Å². The number of nitrogens with zero attached hydrogens (tertiary/aromatic N) is 2. The van der Waals surface area contributed by atoms with E-state index in [1.165, 1.54) is 0 Å². The molecule has 2 aromatic rings. The topological polar surface area (TPSA) is 107 Å². The number of aliphatic hydroxyl groups excluding tert-OH is 1. The summed E-state index contributed by atoms with van der Waals surface area (Å²) >= 11 is 0. The highest BCUT2D eigenvalue weighted by molar-refractivity contribution is 5.02. The quantitative estimate of drug-likeness (QED) is 0.717. The maximum Gasteiger partial charge on any atom is 0.340 e. The van der Waals surface area contributed by atoms with Crippen molar-refractivity contribution in [2.45, 2.75) is 25.1 Å². The third-order valence-electron chi connectivity index (χ3n) is 3.62. The number of aromatic nitrogens is 3. The van der Waals surface area contributed by atoms with Crippen LogP contribution in [-0.2, 0) is 11.3 Å². The summed E-state index contributed by atoms with van der Waals surface area (Å²) in [6.07, 6.45) is 1.37. The van der Waals surface area contributed by atoms with E-state index in [1.54, 1.807) is 18.4 Å². The summed E-state index contributed by atoms with van der Waals surface area (Å²) in [5.74, 6) is 1.13. The number of rotatable bonds is 5. The van der Waals surface area contributed by atoms with Crippen LogP contribution >= 0.6 is 0 Å². The van der Waals surface area contributed by atoms with Crippen LogP contribution in [-0.4, -0.2) is 51.0 Å². The molecular weight excluding hydrogens is 276 g/mol. The van der Waals surface area contributed by atoms with Gasteiger partial charge in [-0.05, 0) is 18.6 Å². The van der Waals surface area contributed by atoms with E-state index in [0.717, 1.165) is 6.54 Å². The van der Waals surface area contributed by atoms with Crippen LogP contribution in [0, 0.1) is 0 Å². The molecule has 114 valence electrons. The van der Waals surface area contributed by atoms with Crippen molar-refractivity contribution in [1.29, 1.82) is 0 Å². The highest BCUT2D eigenvalue weighted by Gasteiger charge is 2.27. The summed E-state index contributed by atoms with van der Waals surface area (Å²) in [6.45, 7) is 2.40. The fourth-order valence-corrected chi connectivity index (χ4v) is 2.54. The Hall–Kier alpha value is -1.90. The van der Waals surface area contributed by atoms with Gasteiger partial charge < -0.3 is 14.3 Å². The molecule has 1 fully saturated rings. The van der Waals surface area contributed by atoms with Crippen molar-refractivity contribution in [3.05, 3.63) is 40.5 Å². The second-order valence-electron chi connectivity index (χ2n) is 5.09. The maximum atomic E-state index is 11.1. The normalized spacial score (nSPS) is 21.5. The second kappa shape index (κ2) is 6.25. The number of aliphatic hydroxyl groups is 1. The number of aromatic amines is 2. The molecule has 2 atom stereocenters. The minimum Gasteiger partial charge on any atom is -0.467 e. The molecule has 3 rings (SSSR count). The summed E-state index contributed by atoms with van der Waals surface area (Å²) in [5.41, 5.74) is -0.314. The van der Waals surface area contributed by atoms with Crippen LogP contribution in [0.2, 0.25) is 0 Å². The first-order valence-corrected chi connectivity index (χ1v) is 6.89. The lowest BCUT2D eigenvalue weighted by Gasteiger charge is -2.35. The minimum absolute atomic E-state index is 0.0408. The van der Waals surface area contributed by atoms with Gasteiger partial charge in [0, 0.05) is 12.6 Å². The highest BCUT2D eigenvalue weighted by Crippen LogP contribution is 2.23. The molecule has 3 N–H and O–H groups in total. The Kier molecular flexibility index (Phi) is 4.18. The van der Waals surface area contributed by atoms with Gasteiger partial charge in [-0.3, -0.25) is 9.88 Å². The molecule has 8 heteroatoms. The van der Waals surface area contributed by atoms with Crippen molar-refractivity contribution < 1.29 is 14.3 Å². The summed E-state index contributed by atoms with van der Waals surface area (Å²) in [7, 11) is 0. The first-order valence-electron chi connectivity index (χ1n) is 6.89. The first-order chi connectivity index (χ1) is 10.2. The van der Waals surface area contributed by atoms with Crippen molar-refractivity contribution >= 4 is 0 Å². The molecule has 0 amide bonds. The van der Waals surface area contributed by atoms with Gasteiger partial charge in [0.1, 0.15) is 17.7 Å². The van der Waals surface area contributed by atoms with Crippen LogP contribution in [0.4, 0.5) is 0 Å². The van der Waals surface area contributed by atoms with Crippen LogP contribution in [0.5, 0.6) is 0 Å². The van der Waals surface area contributed by atoms with Gasteiger partial charge in [-0.1, -0.05) is 0 Å². The smallest absolute Gasteiger partial charge is 0.340 e. The van der Waals surface area contributed by atoms with Gasteiger partial charge in [0.25, 0.3) is 0 Å². The molecule has 2 unspecified atom stereocenters. The van der Waals surface area contributed by atoms with Crippen LogP contribution < -0.4 is 5.69 Å². The van der Waals surface area contributed by atoms with Crippen molar-refractivity contribution in [1.82, 2.24) is 20.1 Å². The fraction of sp³-hybridized carbons (Fsp3) is 0.538. The van der Waals surface area contributed by atoms with E-state index >= 15 is 0 Å². The lowest BCUT2D eigenvalue weighted by Crippen LogP contribution is -2.45. The van der Waals surface area contributed by atoms with E-state index in [1.807, 2.05) is 0 Å². The van der Waals surface area contributed by atoms with Gasteiger partial charge >= 0.3 is 5.69 Å². The molecule has 1 aliphatic heterocycles. The van der Waals surface area contributed by atoms with Crippen LogP contribution in [0.15, 0.2) is 27.6 Å². The Morgan fingerprint density at radius 1 is 1.57 bits per heavy atom. The van der Waals surface area contributed by atoms with Crippen LogP contribution in [0.3, 0.4) is 0 Å². The predicted molar refractivity (Wildman–Crippen MR) is 72.5 cm³/mol. The van der Waals surface area contributed by atoms with E-state index in [2.05, 4.69) is 20.1 Å². The second-order valence-corrected chi connectivity index (χ2v) is 5.09. The number of nitrogens with one attached hydrogen (secondary N) is 2. The zero-order chi connectivity index (χ0) is 14.7. The average molecular weight is 294 g/mol. The monoisotopic (exact) mass is 294 g/mol. The predicted octanol–water partition coefficient (Wildman–Crippen LogP) is 0.0155. The summed E-state index contributed by atoms with van der Waals surface area (Å²) < 4.78 is 10.7. The average Bonchev–Trinajstić information content (AvgIpc) is 3.13. The molecule has 1 aliphatic rings. The zero-order valence-electron chi connectivity index (χ0n) is 11.5. The number of H-pyrrole nitrogens is 2. The summed E-state index contributed by atoms with van der Waals surface area (Å²) in [5, 5.41) is 16.5. The molecule has 3 heterocycles. The molecule has 2 aromatic heterocycles. The third-order valence-corrected chi connectivity index (χ3v) is 3.62. The molecular formula is C13H18N4O4. The Bertz CT molecular complexity index is 606. The Morgan fingerprint density at radius 3 is 3.19 bits per heavy atom. The van der Waals surface area contributed by atoms with Gasteiger partial charge in [-0.25, -0.2) is 9.89 Å². The zero-order valence-corrected chi connectivity index (χ0v) is 11.5. The summed E-state index contributed by atoms with van der Waals surface area (Å²) in [6, 6.07) is 3.55. The van der Waals surface area contributed by atoms with Crippen molar-refractivity contribution in [3.8, 4) is 0 Å². The number of hydrogen-bond donors (Lipinski definition) is 3. The minimum atomic E-state index is -0.674. The van der Waals surface area contributed by atoms with Crippen LogP contribution in [0.1, 0.15) is 24.1 Å². The maximum absolute atomic E-state index is 11.1. The molecule has 1 saturated heterocycles. The molecule has 0 aromatic carbocycles. The SMILES string of the molecule is O=c1[nH]nc(CN2CCOCC2CC(O)c2ccco2)[nH]1. The van der Waals surface area contributed by atoms with E-state index in [9.17, 15) is 9.90 Å². The fourth-order valence-electron chi connectivity index (χ4n) is 2.54. The summed E-state index contributed by atoms with van der Waals surface area (Å²) in [4.78, 5) is 15.9. The van der Waals surface area contributed by atoms with Crippen molar-refractivity contribution in [2.24, 2.45) is 0 Å². The number of ether oxygens (including phenoxy) is 1. The first kappa shape index (κ1) is 14.1. The van der Waals surface area contributed by atoms with Gasteiger partial charge in [-0.15, -0.1) is 0 Å². The molecule has 0 radical (unpaired) electrons. The van der Waals surface area contributed by atoms with Gasteiger partial charge in [0.05, 0.1) is 26.0 Å². The molecule has 0 saturated carbocycles. The molecule has 0 spiro atoms. The Morgan fingerprint density at radius 2 is 2.48 bits per heavy atom. The lowest BCUT2D eigenvalue weighted by molar-refractivity contribution is -0.0332. The van der Waals surface area contributed by atoms with Crippen molar-refractivity contribution in [3.63, 3.8) is 0 Å². The molecule has 0 bridgehead atoms. The molecule has 21 heavy (non-hydrogen) atoms.